The Balaban J connectivity index is 2.26. The highest BCUT2D eigenvalue weighted by Gasteiger charge is 2.24. The van der Waals surface area contributed by atoms with E-state index in [9.17, 15) is 0 Å². The van der Waals surface area contributed by atoms with Crippen molar-refractivity contribution >= 4 is 10.9 Å². The van der Waals surface area contributed by atoms with Gasteiger partial charge in [-0.1, -0.05) is 6.07 Å². The Labute approximate surface area is 83.5 Å². The summed E-state index contributed by atoms with van der Waals surface area (Å²) in [6, 6.07) is 4.57. The molecule has 2 nitrogen and oxygen atoms in total. The van der Waals surface area contributed by atoms with Gasteiger partial charge in [-0.05, 0) is 42.9 Å². The molecule has 1 heterocycles. The Morgan fingerprint density at radius 1 is 1.36 bits per heavy atom. The van der Waals surface area contributed by atoms with Crippen LogP contribution in [0.25, 0.3) is 10.9 Å². The Morgan fingerprint density at radius 3 is 2.86 bits per heavy atom. The summed E-state index contributed by atoms with van der Waals surface area (Å²) in [6.45, 7) is 2.18. The zero-order valence-electron chi connectivity index (χ0n) is 8.62. The lowest BCUT2D eigenvalue weighted by molar-refractivity contribution is 0.779. The van der Waals surface area contributed by atoms with Crippen molar-refractivity contribution in [3.05, 3.63) is 29.5 Å². The zero-order valence-corrected chi connectivity index (χ0v) is 8.62. The van der Waals surface area contributed by atoms with Gasteiger partial charge in [0.25, 0.3) is 0 Å². The second kappa shape index (κ2) is 2.59. The SMILES string of the molecule is Cc1cc(C2CC2)cc2nn(C)cc12. The average molecular weight is 186 g/mol. The fraction of sp³-hybridized carbons (Fsp3) is 0.417. The van der Waals surface area contributed by atoms with Crippen LogP contribution in [0.5, 0.6) is 0 Å². The van der Waals surface area contributed by atoms with Crippen LogP contribution in [0.3, 0.4) is 0 Å². The molecule has 1 aromatic carbocycles. The average Bonchev–Trinajstić information content (AvgIpc) is 2.89. The minimum atomic E-state index is 0.820. The van der Waals surface area contributed by atoms with Gasteiger partial charge in [-0.3, -0.25) is 4.68 Å². The van der Waals surface area contributed by atoms with Gasteiger partial charge in [0.1, 0.15) is 0 Å². The number of nitrogens with zero attached hydrogens (tertiary/aromatic N) is 2. The Hall–Kier alpha value is -1.31. The maximum absolute atomic E-state index is 4.46. The van der Waals surface area contributed by atoms with Gasteiger partial charge >= 0.3 is 0 Å². The first-order valence-corrected chi connectivity index (χ1v) is 5.18. The van der Waals surface area contributed by atoms with Crippen LogP contribution in [-0.2, 0) is 7.05 Å². The van der Waals surface area contributed by atoms with Gasteiger partial charge in [0.15, 0.2) is 0 Å². The minimum Gasteiger partial charge on any atom is -0.275 e. The van der Waals surface area contributed by atoms with Crippen molar-refractivity contribution in [2.24, 2.45) is 7.05 Å². The van der Waals surface area contributed by atoms with Gasteiger partial charge in [0.05, 0.1) is 5.52 Å². The summed E-state index contributed by atoms with van der Waals surface area (Å²) >= 11 is 0. The van der Waals surface area contributed by atoms with E-state index >= 15 is 0 Å². The summed E-state index contributed by atoms with van der Waals surface area (Å²) in [4.78, 5) is 0. The van der Waals surface area contributed by atoms with Crippen molar-refractivity contribution in [3.8, 4) is 0 Å². The Kier molecular flexibility index (Phi) is 1.49. The van der Waals surface area contributed by atoms with Gasteiger partial charge in [0, 0.05) is 18.6 Å². The molecular weight excluding hydrogens is 172 g/mol. The number of hydrogen-bond acceptors (Lipinski definition) is 1. The van der Waals surface area contributed by atoms with Gasteiger partial charge < -0.3 is 0 Å². The topological polar surface area (TPSA) is 17.8 Å². The molecule has 0 atom stereocenters. The number of aryl methyl sites for hydroxylation is 2. The summed E-state index contributed by atoms with van der Waals surface area (Å²) in [6.07, 6.45) is 4.82. The number of rotatable bonds is 1. The van der Waals surface area contributed by atoms with Crippen molar-refractivity contribution < 1.29 is 0 Å². The third-order valence-electron chi connectivity index (χ3n) is 3.02. The third-order valence-corrected chi connectivity index (χ3v) is 3.02. The maximum atomic E-state index is 4.46. The first-order chi connectivity index (χ1) is 6.74. The first kappa shape index (κ1) is 8.04. The molecule has 1 aliphatic rings. The molecule has 1 aromatic heterocycles. The Bertz CT molecular complexity index is 492. The molecule has 1 saturated carbocycles. The molecule has 0 N–H and O–H groups in total. The van der Waals surface area contributed by atoms with Crippen LogP contribution in [0.1, 0.15) is 29.9 Å². The monoisotopic (exact) mass is 186 g/mol. The molecule has 72 valence electrons. The summed E-state index contributed by atoms with van der Waals surface area (Å²) in [5, 5.41) is 5.75. The quantitative estimate of drug-likeness (QED) is 0.669. The lowest BCUT2D eigenvalue weighted by atomic mass is 10.0. The molecule has 14 heavy (non-hydrogen) atoms. The maximum Gasteiger partial charge on any atom is 0.0928 e. The van der Waals surface area contributed by atoms with Crippen LogP contribution in [0, 0.1) is 6.92 Å². The van der Waals surface area contributed by atoms with Crippen LogP contribution in [0.4, 0.5) is 0 Å². The number of hydrogen-bond donors (Lipinski definition) is 0. The van der Waals surface area contributed by atoms with E-state index in [1.165, 1.54) is 29.4 Å². The highest BCUT2D eigenvalue weighted by molar-refractivity contribution is 5.82. The van der Waals surface area contributed by atoms with Crippen molar-refractivity contribution in [3.63, 3.8) is 0 Å². The van der Waals surface area contributed by atoms with E-state index in [-0.39, 0.29) is 0 Å². The van der Waals surface area contributed by atoms with E-state index in [1.807, 2.05) is 11.7 Å². The number of aromatic nitrogens is 2. The molecule has 0 spiro atoms. The molecule has 0 unspecified atom stereocenters. The normalized spacial score (nSPS) is 16.4. The van der Waals surface area contributed by atoms with E-state index in [0.717, 1.165) is 11.4 Å². The van der Waals surface area contributed by atoms with E-state index in [2.05, 4.69) is 30.4 Å². The van der Waals surface area contributed by atoms with E-state index in [0.29, 0.717) is 0 Å². The minimum absolute atomic E-state index is 0.820. The zero-order chi connectivity index (χ0) is 9.71. The first-order valence-electron chi connectivity index (χ1n) is 5.18. The summed E-state index contributed by atoms with van der Waals surface area (Å²) < 4.78 is 1.90. The molecule has 2 aromatic rings. The molecule has 2 heteroatoms. The van der Waals surface area contributed by atoms with Crippen LogP contribution < -0.4 is 0 Å². The van der Waals surface area contributed by atoms with Crippen LogP contribution in [0.15, 0.2) is 18.3 Å². The van der Waals surface area contributed by atoms with Gasteiger partial charge in [-0.2, -0.15) is 5.10 Å². The summed E-state index contributed by atoms with van der Waals surface area (Å²) in [5.74, 6) is 0.820. The summed E-state index contributed by atoms with van der Waals surface area (Å²) in [7, 11) is 1.98. The molecule has 0 saturated heterocycles. The molecule has 3 rings (SSSR count). The molecule has 1 fully saturated rings. The standard InChI is InChI=1S/C12H14N2/c1-8-5-10(9-3-4-9)6-12-11(8)7-14(2)13-12/h5-7,9H,3-4H2,1-2H3. The number of benzene rings is 1. The summed E-state index contributed by atoms with van der Waals surface area (Å²) in [5.41, 5.74) is 3.99. The molecule has 0 aliphatic heterocycles. The second-order valence-electron chi connectivity index (χ2n) is 4.35. The van der Waals surface area contributed by atoms with Crippen LogP contribution >= 0.6 is 0 Å². The second-order valence-corrected chi connectivity index (χ2v) is 4.35. The van der Waals surface area contributed by atoms with Gasteiger partial charge in [-0.15, -0.1) is 0 Å². The number of fused-ring (bicyclic) bond motifs is 1. The fourth-order valence-corrected chi connectivity index (χ4v) is 2.10. The molecule has 0 radical (unpaired) electrons. The van der Waals surface area contributed by atoms with E-state index in [4.69, 9.17) is 0 Å². The van der Waals surface area contributed by atoms with Crippen LogP contribution in [0.2, 0.25) is 0 Å². The van der Waals surface area contributed by atoms with Crippen molar-refractivity contribution in [1.29, 1.82) is 0 Å². The van der Waals surface area contributed by atoms with Crippen molar-refractivity contribution in [1.82, 2.24) is 9.78 Å². The van der Waals surface area contributed by atoms with Gasteiger partial charge in [0.2, 0.25) is 0 Å². The highest BCUT2D eigenvalue weighted by atomic mass is 15.2. The third kappa shape index (κ3) is 1.14. The van der Waals surface area contributed by atoms with E-state index < -0.39 is 0 Å². The fourth-order valence-electron chi connectivity index (χ4n) is 2.10. The molecule has 1 aliphatic carbocycles. The lowest BCUT2D eigenvalue weighted by Gasteiger charge is -2.00. The predicted molar refractivity (Wildman–Crippen MR) is 57.4 cm³/mol. The highest BCUT2D eigenvalue weighted by Crippen LogP contribution is 2.41. The van der Waals surface area contributed by atoms with Crippen molar-refractivity contribution in [2.75, 3.05) is 0 Å². The lowest BCUT2D eigenvalue weighted by Crippen LogP contribution is -1.85. The predicted octanol–water partition coefficient (Wildman–Crippen LogP) is 2.76. The largest absolute Gasteiger partial charge is 0.275 e. The Morgan fingerprint density at radius 2 is 2.14 bits per heavy atom. The molecule has 0 bridgehead atoms. The molecular formula is C12H14N2. The van der Waals surface area contributed by atoms with E-state index in [1.54, 1.807) is 0 Å². The van der Waals surface area contributed by atoms with Gasteiger partial charge in [-0.25, -0.2) is 0 Å². The van der Waals surface area contributed by atoms with Crippen molar-refractivity contribution in [2.45, 2.75) is 25.7 Å². The molecule has 0 amide bonds. The smallest absolute Gasteiger partial charge is 0.0928 e. The van der Waals surface area contributed by atoms with Crippen LogP contribution in [-0.4, -0.2) is 9.78 Å².